The number of pyridine rings is 1. The van der Waals surface area contributed by atoms with Crippen molar-refractivity contribution in [1.82, 2.24) is 4.98 Å². The summed E-state index contributed by atoms with van der Waals surface area (Å²) in [5, 5.41) is 12.7. The van der Waals surface area contributed by atoms with Gasteiger partial charge in [0.15, 0.2) is 0 Å². The van der Waals surface area contributed by atoms with E-state index in [2.05, 4.69) is 10.3 Å². The van der Waals surface area contributed by atoms with Gasteiger partial charge in [0.2, 0.25) is 0 Å². The van der Waals surface area contributed by atoms with Crippen molar-refractivity contribution >= 4 is 23.3 Å². The van der Waals surface area contributed by atoms with Crippen LogP contribution < -0.4 is 5.32 Å². The van der Waals surface area contributed by atoms with E-state index in [9.17, 15) is 4.79 Å². The fourth-order valence-electron chi connectivity index (χ4n) is 1.74. The first kappa shape index (κ1) is 13.4. The molecule has 0 saturated carbocycles. The summed E-state index contributed by atoms with van der Waals surface area (Å²) in [6, 6.07) is 10.0. The summed E-state index contributed by atoms with van der Waals surface area (Å²) in [4.78, 5) is 15.0. The molecule has 1 heterocycles. The van der Waals surface area contributed by atoms with E-state index < -0.39 is 5.97 Å². The number of benzene rings is 1. The third kappa shape index (κ3) is 3.23. The van der Waals surface area contributed by atoms with Crippen LogP contribution in [-0.2, 0) is 0 Å². The highest BCUT2D eigenvalue weighted by Gasteiger charge is 2.10. The predicted molar refractivity (Wildman–Crippen MR) is 74.7 cm³/mol. The molecule has 1 aromatic carbocycles. The average Bonchev–Trinajstić information content (AvgIpc) is 2.39. The number of anilines is 1. The molecular weight excluding hydrogens is 264 g/mol. The first-order chi connectivity index (χ1) is 9.08. The zero-order valence-corrected chi connectivity index (χ0v) is 11.1. The van der Waals surface area contributed by atoms with E-state index in [1.165, 1.54) is 0 Å². The molecule has 1 aromatic heterocycles. The van der Waals surface area contributed by atoms with Gasteiger partial charge in [-0.3, -0.25) is 4.98 Å². The summed E-state index contributed by atoms with van der Waals surface area (Å²) in [5.74, 6) is -0.938. The summed E-state index contributed by atoms with van der Waals surface area (Å²) in [7, 11) is 0. The normalized spacial score (nSPS) is 11.9. The molecule has 2 aromatic rings. The lowest BCUT2D eigenvalue weighted by molar-refractivity contribution is 0.0697. The molecule has 0 saturated heterocycles. The maximum absolute atomic E-state index is 10.8. The van der Waals surface area contributed by atoms with E-state index in [4.69, 9.17) is 16.7 Å². The van der Waals surface area contributed by atoms with Crippen LogP contribution in [0.4, 0.5) is 5.69 Å². The number of hydrogen-bond donors (Lipinski definition) is 2. The second-order valence-electron chi connectivity index (χ2n) is 4.12. The van der Waals surface area contributed by atoms with Crippen LogP contribution in [0.1, 0.15) is 29.0 Å². The third-order valence-corrected chi connectivity index (χ3v) is 3.03. The van der Waals surface area contributed by atoms with Crippen LogP contribution in [0.25, 0.3) is 0 Å². The van der Waals surface area contributed by atoms with Crippen molar-refractivity contribution in [2.45, 2.75) is 13.0 Å². The molecule has 0 amide bonds. The number of nitrogens with one attached hydrogen (secondary N) is 1. The molecule has 0 aliphatic carbocycles. The Morgan fingerprint density at radius 1 is 1.32 bits per heavy atom. The van der Waals surface area contributed by atoms with Gasteiger partial charge in [0.05, 0.1) is 22.3 Å². The van der Waals surface area contributed by atoms with Crippen LogP contribution in [0, 0.1) is 0 Å². The van der Waals surface area contributed by atoms with Gasteiger partial charge in [-0.15, -0.1) is 0 Å². The Morgan fingerprint density at radius 3 is 2.58 bits per heavy atom. The Kier molecular flexibility index (Phi) is 4.02. The van der Waals surface area contributed by atoms with Gasteiger partial charge in [0.25, 0.3) is 0 Å². The molecule has 1 unspecified atom stereocenters. The number of carboxylic acids is 1. The molecule has 2 rings (SSSR count). The zero-order chi connectivity index (χ0) is 13.8. The second-order valence-corrected chi connectivity index (χ2v) is 4.53. The van der Waals surface area contributed by atoms with Crippen molar-refractivity contribution in [1.29, 1.82) is 0 Å². The quantitative estimate of drug-likeness (QED) is 0.895. The minimum Gasteiger partial charge on any atom is -0.478 e. The number of carbonyl (C=O) groups is 1. The standard InChI is InChI=1S/C14H13ClN2O2/c1-9(13-12(15)3-2-8-16-13)17-11-6-4-10(5-7-11)14(18)19/h2-9,17H,1H3,(H,18,19). The Balaban J connectivity index is 2.13. The van der Waals surface area contributed by atoms with Crippen molar-refractivity contribution < 1.29 is 9.90 Å². The second kappa shape index (κ2) is 5.71. The van der Waals surface area contributed by atoms with Crippen molar-refractivity contribution in [2.24, 2.45) is 0 Å². The van der Waals surface area contributed by atoms with Crippen molar-refractivity contribution in [3.8, 4) is 0 Å². The number of aromatic carboxylic acids is 1. The molecule has 0 radical (unpaired) electrons. The number of halogens is 1. The van der Waals surface area contributed by atoms with Gasteiger partial charge < -0.3 is 10.4 Å². The smallest absolute Gasteiger partial charge is 0.335 e. The van der Waals surface area contributed by atoms with Gasteiger partial charge in [-0.2, -0.15) is 0 Å². The highest BCUT2D eigenvalue weighted by Crippen LogP contribution is 2.23. The molecule has 4 nitrogen and oxygen atoms in total. The number of hydrogen-bond acceptors (Lipinski definition) is 3. The summed E-state index contributed by atoms with van der Waals surface area (Å²) >= 11 is 6.07. The van der Waals surface area contributed by atoms with Crippen LogP contribution in [0.3, 0.4) is 0 Å². The molecule has 0 aliphatic heterocycles. The lowest BCUT2D eigenvalue weighted by Crippen LogP contribution is -2.09. The van der Waals surface area contributed by atoms with Crippen LogP contribution in [-0.4, -0.2) is 16.1 Å². The van der Waals surface area contributed by atoms with Crippen molar-refractivity contribution in [3.63, 3.8) is 0 Å². The maximum atomic E-state index is 10.8. The molecule has 0 spiro atoms. The molecule has 0 aliphatic rings. The molecule has 19 heavy (non-hydrogen) atoms. The van der Waals surface area contributed by atoms with Crippen LogP contribution in [0.15, 0.2) is 42.6 Å². The molecule has 1 atom stereocenters. The average molecular weight is 277 g/mol. The summed E-state index contributed by atoms with van der Waals surface area (Å²) in [6.45, 7) is 1.94. The molecular formula is C14H13ClN2O2. The maximum Gasteiger partial charge on any atom is 0.335 e. The fourth-order valence-corrected chi connectivity index (χ4v) is 2.03. The van der Waals surface area contributed by atoms with Gasteiger partial charge in [-0.1, -0.05) is 11.6 Å². The first-order valence-electron chi connectivity index (χ1n) is 5.78. The lowest BCUT2D eigenvalue weighted by Gasteiger charge is -2.15. The van der Waals surface area contributed by atoms with Gasteiger partial charge in [-0.05, 0) is 43.3 Å². The van der Waals surface area contributed by atoms with Crippen LogP contribution in [0.2, 0.25) is 5.02 Å². The number of rotatable bonds is 4. The fraction of sp³-hybridized carbons (Fsp3) is 0.143. The third-order valence-electron chi connectivity index (χ3n) is 2.71. The molecule has 5 heteroatoms. The molecule has 0 fully saturated rings. The Labute approximate surface area is 116 Å². The highest BCUT2D eigenvalue weighted by molar-refractivity contribution is 6.31. The molecule has 2 N–H and O–H groups in total. The number of carboxylic acid groups (broad SMARTS) is 1. The monoisotopic (exact) mass is 276 g/mol. The summed E-state index contributed by atoms with van der Waals surface area (Å²) in [5.41, 5.74) is 1.83. The minimum atomic E-state index is -0.938. The van der Waals surface area contributed by atoms with Gasteiger partial charge in [-0.25, -0.2) is 4.79 Å². The van der Waals surface area contributed by atoms with Gasteiger partial charge in [0, 0.05) is 11.9 Å². The number of nitrogens with zero attached hydrogens (tertiary/aromatic N) is 1. The summed E-state index contributed by atoms with van der Waals surface area (Å²) in [6.07, 6.45) is 1.69. The van der Waals surface area contributed by atoms with E-state index in [1.54, 1.807) is 42.6 Å². The van der Waals surface area contributed by atoms with Crippen LogP contribution >= 0.6 is 11.6 Å². The number of aromatic nitrogens is 1. The SMILES string of the molecule is CC(Nc1ccc(C(=O)O)cc1)c1ncccc1Cl. The Hall–Kier alpha value is -2.07. The molecule has 0 bridgehead atoms. The van der Waals surface area contributed by atoms with Gasteiger partial charge >= 0.3 is 5.97 Å². The Morgan fingerprint density at radius 2 is 2.00 bits per heavy atom. The van der Waals surface area contributed by atoms with E-state index in [0.29, 0.717) is 5.02 Å². The van der Waals surface area contributed by atoms with Crippen molar-refractivity contribution in [2.75, 3.05) is 5.32 Å². The van der Waals surface area contributed by atoms with Crippen LogP contribution in [0.5, 0.6) is 0 Å². The Bertz CT molecular complexity index is 584. The lowest BCUT2D eigenvalue weighted by atomic mass is 10.1. The predicted octanol–water partition coefficient (Wildman–Crippen LogP) is 3.61. The van der Waals surface area contributed by atoms with E-state index in [-0.39, 0.29) is 11.6 Å². The van der Waals surface area contributed by atoms with Crippen molar-refractivity contribution in [3.05, 3.63) is 58.9 Å². The van der Waals surface area contributed by atoms with Gasteiger partial charge in [0.1, 0.15) is 0 Å². The summed E-state index contributed by atoms with van der Waals surface area (Å²) < 4.78 is 0. The minimum absolute atomic E-state index is 0.0654. The van der Waals surface area contributed by atoms with E-state index in [0.717, 1.165) is 11.4 Å². The highest BCUT2D eigenvalue weighted by atomic mass is 35.5. The first-order valence-corrected chi connectivity index (χ1v) is 6.16. The zero-order valence-electron chi connectivity index (χ0n) is 10.3. The molecule has 98 valence electrons. The van der Waals surface area contributed by atoms with E-state index >= 15 is 0 Å². The largest absolute Gasteiger partial charge is 0.478 e. The topological polar surface area (TPSA) is 62.2 Å². The van der Waals surface area contributed by atoms with E-state index in [1.807, 2.05) is 6.92 Å².